The Hall–Kier alpha value is -4.06. The first-order chi connectivity index (χ1) is 15.9. The first-order valence-corrected chi connectivity index (χ1v) is 10.5. The van der Waals surface area contributed by atoms with Crippen LogP contribution in [0.5, 0.6) is 11.5 Å². The number of ether oxygens (including phenoxy) is 2. The molecule has 1 amide bonds. The van der Waals surface area contributed by atoms with E-state index in [-0.39, 0.29) is 11.3 Å². The summed E-state index contributed by atoms with van der Waals surface area (Å²) in [6.07, 6.45) is 0. The van der Waals surface area contributed by atoms with Gasteiger partial charge in [0.15, 0.2) is 0 Å². The molecule has 33 heavy (non-hydrogen) atoms. The number of nitrogens with zero attached hydrogens (tertiary/aromatic N) is 1. The lowest BCUT2D eigenvalue weighted by Gasteiger charge is -2.27. The largest absolute Gasteiger partial charge is 0.507 e. The van der Waals surface area contributed by atoms with Crippen LogP contribution < -0.4 is 14.4 Å². The average Bonchev–Trinajstić information content (AvgIpc) is 3.08. The van der Waals surface area contributed by atoms with E-state index in [1.54, 1.807) is 24.3 Å². The number of aliphatic hydroxyl groups is 1. The second-order valence-corrected chi connectivity index (χ2v) is 7.93. The van der Waals surface area contributed by atoms with E-state index in [0.29, 0.717) is 22.7 Å². The van der Waals surface area contributed by atoms with Crippen molar-refractivity contribution in [3.8, 4) is 11.5 Å². The standard InChI is InChI=1S/C27H25NO5/c1-16-8-7-10-18(14-16)28-24(20-11-6-5-9-17(20)2)23(26(30)27(28)31)25(29)21-13-12-19(32-3)15-22(21)33-4/h5-15,24,29H,1-4H3/b25-23+. The molecule has 4 rings (SSSR count). The van der Waals surface area contributed by atoms with E-state index in [4.69, 9.17) is 9.47 Å². The summed E-state index contributed by atoms with van der Waals surface area (Å²) < 4.78 is 10.7. The fourth-order valence-corrected chi connectivity index (χ4v) is 4.20. The smallest absolute Gasteiger partial charge is 0.300 e. The lowest BCUT2D eigenvalue weighted by Crippen LogP contribution is -2.29. The molecule has 0 bridgehead atoms. The monoisotopic (exact) mass is 443 g/mol. The molecule has 6 heteroatoms. The van der Waals surface area contributed by atoms with Crippen LogP contribution in [0, 0.1) is 13.8 Å². The topological polar surface area (TPSA) is 76.1 Å². The third-order valence-corrected chi connectivity index (χ3v) is 5.87. The van der Waals surface area contributed by atoms with E-state index in [2.05, 4.69) is 0 Å². The third kappa shape index (κ3) is 3.84. The van der Waals surface area contributed by atoms with Crippen LogP contribution in [0.15, 0.2) is 72.3 Å². The lowest BCUT2D eigenvalue weighted by atomic mass is 9.92. The predicted molar refractivity (Wildman–Crippen MR) is 127 cm³/mol. The summed E-state index contributed by atoms with van der Waals surface area (Å²) in [5, 5.41) is 11.4. The Morgan fingerprint density at radius 3 is 2.33 bits per heavy atom. The van der Waals surface area contributed by atoms with Crippen molar-refractivity contribution < 1.29 is 24.2 Å². The predicted octanol–water partition coefficient (Wildman–Crippen LogP) is 4.95. The van der Waals surface area contributed by atoms with Crippen LogP contribution in [0.2, 0.25) is 0 Å². The van der Waals surface area contributed by atoms with Crippen LogP contribution in [0.3, 0.4) is 0 Å². The van der Waals surface area contributed by atoms with Crippen molar-refractivity contribution in [3.05, 3.63) is 94.6 Å². The van der Waals surface area contributed by atoms with Crippen molar-refractivity contribution in [2.24, 2.45) is 0 Å². The van der Waals surface area contributed by atoms with Crippen LogP contribution in [-0.4, -0.2) is 31.0 Å². The minimum Gasteiger partial charge on any atom is -0.507 e. The van der Waals surface area contributed by atoms with Crippen LogP contribution in [-0.2, 0) is 9.59 Å². The summed E-state index contributed by atoms with van der Waals surface area (Å²) in [5.74, 6) is -0.865. The molecule has 0 saturated carbocycles. The van der Waals surface area contributed by atoms with Gasteiger partial charge in [-0.25, -0.2) is 0 Å². The van der Waals surface area contributed by atoms with Gasteiger partial charge in [-0.1, -0.05) is 36.4 Å². The number of amides is 1. The van der Waals surface area contributed by atoms with E-state index < -0.39 is 17.7 Å². The van der Waals surface area contributed by atoms with Crippen molar-refractivity contribution in [1.29, 1.82) is 0 Å². The maximum atomic E-state index is 13.3. The molecule has 3 aromatic rings. The van der Waals surface area contributed by atoms with Crippen LogP contribution >= 0.6 is 0 Å². The Balaban J connectivity index is 1.99. The molecule has 6 nitrogen and oxygen atoms in total. The van der Waals surface area contributed by atoms with Crippen molar-refractivity contribution in [1.82, 2.24) is 0 Å². The second kappa shape index (κ2) is 8.82. The molecule has 1 saturated heterocycles. The van der Waals surface area contributed by atoms with Crippen molar-refractivity contribution in [2.75, 3.05) is 19.1 Å². The Bertz CT molecular complexity index is 1280. The summed E-state index contributed by atoms with van der Waals surface area (Å²) >= 11 is 0. The highest BCUT2D eigenvalue weighted by molar-refractivity contribution is 6.51. The number of benzene rings is 3. The number of aliphatic hydroxyl groups excluding tert-OH is 1. The van der Waals surface area contributed by atoms with Gasteiger partial charge < -0.3 is 14.6 Å². The van der Waals surface area contributed by atoms with E-state index >= 15 is 0 Å². The van der Waals surface area contributed by atoms with Gasteiger partial charge >= 0.3 is 0 Å². The number of Topliss-reactive ketones (excluding diaryl/α,β-unsaturated/α-hetero) is 1. The SMILES string of the molecule is COc1ccc(/C(O)=C2\C(=O)C(=O)N(c3cccc(C)c3)C2c2ccccc2C)c(OC)c1. The van der Waals surface area contributed by atoms with Gasteiger partial charge in [-0.3, -0.25) is 14.5 Å². The molecule has 168 valence electrons. The molecule has 0 spiro atoms. The van der Waals surface area contributed by atoms with Crippen LogP contribution in [0.25, 0.3) is 5.76 Å². The third-order valence-electron chi connectivity index (χ3n) is 5.87. The number of hydrogen-bond donors (Lipinski definition) is 1. The van der Waals surface area contributed by atoms with Gasteiger partial charge in [-0.15, -0.1) is 0 Å². The van der Waals surface area contributed by atoms with Crippen LogP contribution in [0.4, 0.5) is 5.69 Å². The lowest BCUT2D eigenvalue weighted by molar-refractivity contribution is -0.132. The summed E-state index contributed by atoms with van der Waals surface area (Å²) in [4.78, 5) is 28.1. The molecule has 1 unspecified atom stereocenters. The number of methoxy groups -OCH3 is 2. The Morgan fingerprint density at radius 2 is 1.67 bits per heavy atom. The second-order valence-electron chi connectivity index (χ2n) is 7.93. The normalized spacial score (nSPS) is 17.3. The van der Waals surface area contributed by atoms with Crippen molar-refractivity contribution in [2.45, 2.75) is 19.9 Å². The summed E-state index contributed by atoms with van der Waals surface area (Å²) in [6.45, 7) is 3.84. The summed E-state index contributed by atoms with van der Waals surface area (Å²) in [5.41, 5.74) is 3.51. The molecule has 1 aliphatic heterocycles. The molecular weight excluding hydrogens is 418 g/mol. The van der Waals surface area contributed by atoms with Gasteiger partial charge in [-0.2, -0.15) is 0 Å². The maximum Gasteiger partial charge on any atom is 0.300 e. The molecule has 1 heterocycles. The highest BCUT2D eigenvalue weighted by atomic mass is 16.5. The Kier molecular flexibility index (Phi) is 5.92. The van der Waals surface area contributed by atoms with E-state index in [9.17, 15) is 14.7 Å². The number of rotatable bonds is 5. The minimum atomic E-state index is -0.792. The van der Waals surface area contributed by atoms with Gasteiger partial charge in [0.2, 0.25) is 0 Å². The zero-order chi connectivity index (χ0) is 23.7. The van der Waals surface area contributed by atoms with Gasteiger partial charge in [0.25, 0.3) is 11.7 Å². The van der Waals surface area contributed by atoms with E-state index in [1.807, 2.05) is 56.3 Å². The van der Waals surface area contributed by atoms with E-state index in [1.165, 1.54) is 19.1 Å². The highest BCUT2D eigenvalue weighted by Crippen LogP contribution is 2.44. The van der Waals surface area contributed by atoms with Crippen LogP contribution in [0.1, 0.15) is 28.3 Å². The van der Waals surface area contributed by atoms with Gasteiger partial charge in [0.05, 0.1) is 31.4 Å². The number of aryl methyl sites for hydroxylation is 2. The summed E-state index contributed by atoms with van der Waals surface area (Å²) in [6, 6.07) is 19.0. The molecule has 0 aromatic heterocycles. The molecule has 1 N–H and O–H groups in total. The highest BCUT2D eigenvalue weighted by Gasteiger charge is 2.47. The summed E-state index contributed by atoms with van der Waals surface area (Å²) in [7, 11) is 3.00. The first kappa shape index (κ1) is 22.1. The van der Waals surface area contributed by atoms with E-state index in [0.717, 1.165) is 16.7 Å². The fraction of sp³-hybridized carbons (Fsp3) is 0.185. The Morgan fingerprint density at radius 1 is 0.909 bits per heavy atom. The van der Waals surface area contributed by atoms with Crippen molar-refractivity contribution >= 4 is 23.1 Å². The minimum absolute atomic E-state index is 0.0132. The first-order valence-electron chi connectivity index (χ1n) is 10.5. The fourth-order valence-electron chi connectivity index (χ4n) is 4.20. The number of ketones is 1. The quantitative estimate of drug-likeness (QED) is 0.343. The number of hydrogen-bond acceptors (Lipinski definition) is 5. The zero-order valence-electron chi connectivity index (χ0n) is 19.0. The number of carbonyl (C=O) groups excluding carboxylic acids is 2. The molecule has 1 aliphatic rings. The van der Waals surface area contributed by atoms with Gasteiger partial charge in [0.1, 0.15) is 17.3 Å². The Labute approximate surface area is 192 Å². The average molecular weight is 443 g/mol. The number of anilines is 1. The molecule has 0 radical (unpaired) electrons. The molecule has 1 atom stereocenters. The molecule has 0 aliphatic carbocycles. The molecule has 3 aromatic carbocycles. The molecule has 1 fully saturated rings. The van der Waals surface area contributed by atoms with Crippen molar-refractivity contribution in [3.63, 3.8) is 0 Å². The molecular formula is C27H25NO5. The number of carbonyl (C=O) groups is 2. The van der Waals surface area contributed by atoms with Gasteiger partial charge in [0, 0.05) is 11.8 Å². The van der Waals surface area contributed by atoms with Gasteiger partial charge in [-0.05, 0) is 54.8 Å². The maximum absolute atomic E-state index is 13.3. The zero-order valence-corrected chi connectivity index (χ0v) is 19.0.